The van der Waals surface area contributed by atoms with Gasteiger partial charge in [-0.3, -0.25) is 0 Å². The van der Waals surface area contributed by atoms with E-state index >= 15 is 0 Å². The molecule has 0 aliphatic carbocycles. The van der Waals surface area contributed by atoms with Gasteiger partial charge in [-0.2, -0.15) is 0 Å². The minimum atomic E-state index is 0.0898. The molecule has 0 radical (unpaired) electrons. The molecule has 0 saturated carbocycles. The van der Waals surface area contributed by atoms with Crippen LogP contribution in [-0.2, 0) is 6.54 Å². The average molecular weight is 302 g/mol. The Balaban J connectivity index is 2.06. The van der Waals surface area contributed by atoms with Gasteiger partial charge in [-0.05, 0) is 30.5 Å². The molecule has 0 saturated heterocycles. The Labute approximate surface area is 120 Å². The van der Waals surface area contributed by atoms with Gasteiger partial charge in [-0.25, -0.2) is 0 Å². The van der Waals surface area contributed by atoms with Gasteiger partial charge < -0.3 is 10.4 Å². The molecule has 18 heavy (non-hydrogen) atoms. The topological polar surface area (TPSA) is 32.3 Å². The Kier molecular flexibility index (Phi) is 4.51. The summed E-state index contributed by atoms with van der Waals surface area (Å²) in [4.78, 5) is 1.25. The predicted octanol–water partition coefficient (Wildman–Crippen LogP) is 4.61. The smallest absolute Gasteiger partial charge is 0.138 e. The zero-order chi connectivity index (χ0) is 13.1. The number of thiophene rings is 1. The Morgan fingerprint density at radius 2 is 2.17 bits per heavy atom. The molecule has 1 unspecified atom stereocenters. The molecule has 1 heterocycles. The highest BCUT2D eigenvalue weighted by molar-refractivity contribution is 7.10. The molecule has 2 rings (SSSR count). The summed E-state index contributed by atoms with van der Waals surface area (Å²) in [5.41, 5.74) is 0.705. The molecular weight excluding hydrogens is 289 g/mol. The van der Waals surface area contributed by atoms with Gasteiger partial charge in [-0.15, -0.1) is 11.3 Å². The lowest BCUT2D eigenvalue weighted by molar-refractivity contribution is 0.461. The number of benzene rings is 1. The van der Waals surface area contributed by atoms with Crippen molar-refractivity contribution in [3.8, 4) is 5.75 Å². The van der Waals surface area contributed by atoms with Crippen molar-refractivity contribution >= 4 is 34.5 Å². The van der Waals surface area contributed by atoms with Crippen LogP contribution in [0.2, 0.25) is 10.0 Å². The Morgan fingerprint density at radius 3 is 2.83 bits per heavy atom. The van der Waals surface area contributed by atoms with E-state index in [1.165, 1.54) is 10.9 Å². The molecule has 96 valence electrons. The van der Waals surface area contributed by atoms with Crippen molar-refractivity contribution < 1.29 is 5.11 Å². The summed E-state index contributed by atoms with van der Waals surface area (Å²) < 4.78 is 0. The quantitative estimate of drug-likeness (QED) is 0.864. The van der Waals surface area contributed by atoms with Crippen LogP contribution in [0.5, 0.6) is 5.75 Å². The van der Waals surface area contributed by atoms with E-state index in [1.807, 2.05) is 11.4 Å². The number of hydrogen-bond donors (Lipinski definition) is 2. The van der Waals surface area contributed by atoms with Gasteiger partial charge >= 0.3 is 0 Å². The number of phenols is 1. The first-order valence-corrected chi connectivity index (χ1v) is 7.15. The van der Waals surface area contributed by atoms with E-state index in [1.54, 1.807) is 17.4 Å². The first-order valence-electron chi connectivity index (χ1n) is 5.51. The molecule has 0 spiro atoms. The summed E-state index contributed by atoms with van der Waals surface area (Å²) >= 11 is 13.5. The van der Waals surface area contributed by atoms with Gasteiger partial charge in [0, 0.05) is 28.0 Å². The van der Waals surface area contributed by atoms with Crippen LogP contribution >= 0.6 is 34.5 Å². The molecule has 1 aromatic heterocycles. The zero-order valence-corrected chi connectivity index (χ0v) is 12.1. The monoisotopic (exact) mass is 301 g/mol. The normalized spacial score (nSPS) is 12.6. The summed E-state index contributed by atoms with van der Waals surface area (Å²) in [6.07, 6.45) is 0. The van der Waals surface area contributed by atoms with Gasteiger partial charge in [0.15, 0.2) is 0 Å². The third-order valence-electron chi connectivity index (χ3n) is 2.68. The van der Waals surface area contributed by atoms with Crippen molar-refractivity contribution in [3.05, 3.63) is 50.1 Å². The van der Waals surface area contributed by atoms with Crippen molar-refractivity contribution in [2.75, 3.05) is 0 Å². The molecular formula is C13H13Cl2NOS. The van der Waals surface area contributed by atoms with Crippen LogP contribution in [-0.4, -0.2) is 5.11 Å². The fourth-order valence-corrected chi connectivity index (χ4v) is 2.95. The second-order valence-corrected chi connectivity index (χ2v) is 5.84. The van der Waals surface area contributed by atoms with Gasteiger partial charge in [0.05, 0.1) is 5.02 Å². The molecule has 2 nitrogen and oxygen atoms in total. The number of halogens is 2. The van der Waals surface area contributed by atoms with Crippen molar-refractivity contribution in [1.82, 2.24) is 5.32 Å². The van der Waals surface area contributed by atoms with Crippen molar-refractivity contribution in [1.29, 1.82) is 0 Å². The van der Waals surface area contributed by atoms with E-state index in [2.05, 4.69) is 18.3 Å². The standard InChI is InChI=1S/C13H13Cl2NOS/c1-8(12-3-2-4-18-12)16-7-9-5-10(14)6-11(15)13(9)17/h2-6,8,16-17H,7H2,1H3. The molecule has 2 N–H and O–H groups in total. The second-order valence-electron chi connectivity index (χ2n) is 4.01. The number of hydrogen-bond acceptors (Lipinski definition) is 3. The second kappa shape index (κ2) is 5.93. The highest BCUT2D eigenvalue weighted by Gasteiger charge is 2.10. The lowest BCUT2D eigenvalue weighted by Gasteiger charge is -2.13. The fourth-order valence-electron chi connectivity index (χ4n) is 1.66. The zero-order valence-electron chi connectivity index (χ0n) is 9.78. The lowest BCUT2D eigenvalue weighted by Crippen LogP contribution is -2.17. The van der Waals surface area contributed by atoms with Crippen LogP contribution in [0.25, 0.3) is 0 Å². The molecule has 0 fully saturated rings. The summed E-state index contributed by atoms with van der Waals surface area (Å²) in [7, 11) is 0. The maximum Gasteiger partial charge on any atom is 0.138 e. The van der Waals surface area contributed by atoms with Crippen LogP contribution in [0.15, 0.2) is 29.6 Å². The van der Waals surface area contributed by atoms with E-state index in [0.717, 1.165) is 0 Å². The molecule has 0 aliphatic rings. The number of nitrogens with one attached hydrogen (secondary N) is 1. The third-order valence-corrected chi connectivity index (χ3v) is 4.24. The summed E-state index contributed by atoms with van der Waals surface area (Å²) in [6.45, 7) is 2.60. The van der Waals surface area contributed by atoms with E-state index in [9.17, 15) is 5.11 Å². The molecule has 1 atom stereocenters. The van der Waals surface area contributed by atoms with Crippen LogP contribution in [0, 0.1) is 0 Å². The van der Waals surface area contributed by atoms with Crippen molar-refractivity contribution in [3.63, 3.8) is 0 Å². The van der Waals surface area contributed by atoms with Crippen molar-refractivity contribution in [2.45, 2.75) is 19.5 Å². The molecule has 0 aliphatic heterocycles. The van der Waals surface area contributed by atoms with Gasteiger partial charge in [-0.1, -0.05) is 29.3 Å². The maximum absolute atomic E-state index is 9.84. The predicted molar refractivity (Wildman–Crippen MR) is 77.7 cm³/mol. The van der Waals surface area contributed by atoms with E-state index in [0.29, 0.717) is 17.1 Å². The summed E-state index contributed by atoms with van der Waals surface area (Å²) in [5, 5.41) is 16.0. The average Bonchev–Trinajstić information content (AvgIpc) is 2.85. The first kappa shape index (κ1) is 13.7. The minimum Gasteiger partial charge on any atom is -0.506 e. The molecule has 0 bridgehead atoms. The minimum absolute atomic E-state index is 0.0898. The Morgan fingerprint density at radius 1 is 1.39 bits per heavy atom. The largest absolute Gasteiger partial charge is 0.506 e. The number of aromatic hydroxyl groups is 1. The van der Waals surface area contributed by atoms with Crippen LogP contribution < -0.4 is 5.32 Å². The van der Waals surface area contributed by atoms with E-state index in [4.69, 9.17) is 23.2 Å². The Bertz CT molecular complexity index is 528. The maximum atomic E-state index is 9.84. The molecule has 2 aromatic rings. The molecule has 5 heteroatoms. The van der Waals surface area contributed by atoms with Crippen molar-refractivity contribution in [2.24, 2.45) is 0 Å². The third kappa shape index (κ3) is 3.18. The fraction of sp³-hybridized carbons (Fsp3) is 0.231. The SMILES string of the molecule is CC(NCc1cc(Cl)cc(Cl)c1O)c1cccs1. The van der Waals surface area contributed by atoms with E-state index in [-0.39, 0.29) is 16.8 Å². The number of rotatable bonds is 4. The highest BCUT2D eigenvalue weighted by atomic mass is 35.5. The van der Waals surface area contributed by atoms with E-state index < -0.39 is 0 Å². The lowest BCUT2D eigenvalue weighted by atomic mass is 10.2. The van der Waals surface area contributed by atoms with Crippen LogP contribution in [0.1, 0.15) is 23.4 Å². The van der Waals surface area contributed by atoms with Gasteiger partial charge in [0.1, 0.15) is 5.75 Å². The molecule has 1 aromatic carbocycles. The summed E-state index contributed by atoms with van der Waals surface area (Å²) in [6, 6.07) is 7.57. The Hall–Kier alpha value is -0.740. The van der Waals surface area contributed by atoms with Gasteiger partial charge in [0.2, 0.25) is 0 Å². The summed E-state index contributed by atoms with van der Waals surface area (Å²) in [5.74, 6) is 0.0898. The first-order chi connectivity index (χ1) is 8.58. The molecule has 0 amide bonds. The van der Waals surface area contributed by atoms with Crippen LogP contribution in [0.3, 0.4) is 0 Å². The highest BCUT2D eigenvalue weighted by Crippen LogP contribution is 2.31. The van der Waals surface area contributed by atoms with Gasteiger partial charge in [0.25, 0.3) is 0 Å². The van der Waals surface area contributed by atoms with Crippen LogP contribution in [0.4, 0.5) is 0 Å². The number of phenolic OH excluding ortho intramolecular Hbond substituents is 1.